The molecule has 0 radical (unpaired) electrons. The minimum Gasteiger partial charge on any atom is -0.315 e. The number of hydrogen-bond donors (Lipinski definition) is 1. The molecule has 9 heteroatoms. The molecule has 0 saturated carbocycles. The molecule has 1 atom stereocenters. The third kappa shape index (κ3) is 4.66. The van der Waals surface area contributed by atoms with Gasteiger partial charge >= 0.3 is 0 Å². The SMILES string of the molecule is CCc1nnc(-c2ccc(C(=O)N(c3nccc4cc(Cl)cc(C)c34)[C@@H]3CCCNC3)c(F)c2)s1. The average molecular weight is 510 g/mol. The first-order chi connectivity index (χ1) is 17.0. The molecule has 180 valence electrons. The molecule has 0 spiro atoms. The lowest BCUT2D eigenvalue weighted by Gasteiger charge is -2.35. The zero-order valence-electron chi connectivity index (χ0n) is 19.5. The zero-order valence-corrected chi connectivity index (χ0v) is 21.1. The molecule has 35 heavy (non-hydrogen) atoms. The van der Waals surface area contributed by atoms with Crippen molar-refractivity contribution in [2.75, 3.05) is 18.0 Å². The number of rotatable bonds is 5. The summed E-state index contributed by atoms with van der Waals surface area (Å²) in [5.41, 5.74) is 1.52. The van der Waals surface area contributed by atoms with Crippen LogP contribution in [0.1, 0.15) is 40.7 Å². The van der Waals surface area contributed by atoms with Crippen LogP contribution in [0.2, 0.25) is 5.02 Å². The van der Waals surface area contributed by atoms with E-state index in [1.165, 1.54) is 23.5 Å². The zero-order chi connectivity index (χ0) is 24.5. The van der Waals surface area contributed by atoms with Gasteiger partial charge in [0.15, 0.2) is 0 Å². The van der Waals surface area contributed by atoms with Crippen molar-refractivity contribution in [1.82, 2.24) is 20.5 Å². The number of hydrogen-bond acceptors (Lipinski definition) is 6. The summed E-state index contributed by atoms with van der Waals surface area (Å²) in [5, 5.41) is 15.5. The van der Waals surface area contributed by atoms with Gasteiger partial charge in [-0.15, -0.1) is 10.2 Å². The normalized spacial score (nSPS) is 15.9. The van der Waals surface area contributed by atoms with Gasteiger partial charge < -0.3 is 5.32 Å². The van der Waals surface area contributed by atoms with E-state index in [2.05, 4.69) is 20.5 Å². The second-order valence-corrected chi connectivity index (χ2v) is 10.2. The number of aromatic nitrogens is 3. The average Bonchev–Trinajstić information content (AvgIpc) is 3.34. The van der Waals surface area contributed by atoms with Gasteiger partial charge in [-0.05, 0) is 74.0 Å². The maximum absolute atomic E-state index is 15.4. The van der Waals surface area contributed by atoms with Crippen LogP contribution in [-0.4, -0.2) is 40.2 Å². The highest BCUT2D eigenvalue weighted by Crippen LogP contribution is 2.34. The van der Waals surface area contributed by atoms with Crippen LogP contribution in [0.3, 0.4) is 0 Å². The van der Waals surface area contributed by atoms with Crippen LogP contribution in [-0.2, 0) is 6.42 Å². The lowest BCUT2D eigenvalue weighted by Crippen LogP contribution is -2.49. The molecule has 1 aliphatic heterocycles. The molecule has 5 rings (SSSR count). The molecule has 1 N–H and O–H groups in total. The third-order valence-electron chi connectivity index (χ3n) is 6.30. The molecule has 0 aliphatic carbocycles. The van der Waals surface area contributed by atoms with Gasteiger partial charge in [0.05, 0.1) is 11.6 Å². The van der Waals surface area contributed by atoms with Crippen molar-refractivity contribution in [1.29, 1.82) is 0 Å². The van der Waals surface area contributed by atoms with Crippen molar-refractivity contribution in [3.8, 4) is 10.6 Å². The fourth-order valence-corrected chi connectivity index (χ4v) is 5.65. The van der Waals surface area contributed by atoms with Crippen LogP contribution in [0.4, 0.5) is 10.2 Å². The molecule has 4 aromatic rings. The second kappa shape index (κ2) is 9.97. The molecule has 1 aliphatic rings. The van der Waals surface area contributed by atoms with E-state index < -0.39 is 11.7 Å². The molecule has 2 aromatic heterocycles. The lowest BCUT2D eigenvalue weighted by molar-refractivity contribution is 0.0968. The Bertz CT molecular complexity index is 1400. The Morgan fingerprint density at radius 2 is 2.11 bits per heavy atom. The van der Waals surface area contributed by atoms with Crippen LogP contribution in [0, 0.1) is 12.7 Å². The Hall–Kier alpha value is -2.94. The van der Waals surface area contributed by atoms with E-state index in [9.17, 15) is 4.79 Å². The van der Waals surface area contributed by atoms with E-state index in [0.717, 1.165) is 47.2 Å². The fourth-order valence-electron chi connectivity index (χ4n) is 4.59. The maximum atomic E-state index is 15.4. The number of pyridine rings is 1. The summed E-state index contributed by atoms with van der Waals surface area (Å²) in [6.45, 7) is 5.45. The predicted octanol–water partition coefficient (Wildman–Crippen LogP) is 5.82. The molecular formula is C26H25ClFN5OS. The number of halogens is 2. The summed E-state index contributed by atoms with van der Waals surface area (Å²) < 4.78 is 15.4. The Morgan fingerprint density at radius 3 is 2.83 bits per heavy atom. The lowest BCUT2D eigenvalue weighted by atomic mass is 10.0. The number of benzene rings is 2. The first-order valence-corrected chi connectivity index (χ1v) is 12.9. The first-order valence-electron chi connectivity index (χ1n) is 11.7. The molecule has 0 unspecified atom stereocenters. The third-order valence-corrected chi connectivity index (χ3v) is 7.64. The van der Waals surface area contributed by atoms with Crippen molar-refractivity contribution in [2.45, 2.75) is 39.2 Å². The van der Waals surface area contributed by atoms with Crippen molar-refractivity contribution >= 4 is 45.4 Å². The van der Waals surface area contributed by atoms with Gasteiger partial charge in [-0.3, -0.25) is 9.69 Å². The van der Waals surface area contributed by atoms with E-state index in [-0.39, 0.29) is 11.6 Å². The summed E-state index contributed by atoms with van der Waals surface area (Å²) in [6.07, 6.45) is 4.16. The smallest absolute Gasteiger partial charge is 0.262 e. The highest BCUT2D eigenvalue weighted by molar-refractivity contribution is 7.14. The van der Waals surface area contributed by atoms with Gasteiger partial charge in [0.25, 0.3) is 5.91 Å². The maximum Gasteiger partial charge on any atom is 0.262 e. The minimum absolute atomic E-state index is 0.00461. The van der Waals surface area contributed by atoms with Crippen LogP contribution >= 0.6 is 22.9 Å². The van der Waals surface area contributed by atoms with E-state index in [4.69, 9.17) is 11.6 Å². The van der Waals surface area contributed by atoms with Crippen molar-refractivity contribution < 1.29 is 9.18 Å². The van der Waals surface area contributed by atoms with Crippen LogP contribution < -0.4 is 10.2 Å². The Kier molecular flexibility index (Phi) is 6.77. The van der Waals surface area contributed by atoms with E-state index in [0.29, 0.717) is 28.0 Å². The number of nitrogens with one attached hydrogen (secondary N) is 1. The standard InChI is InChI=1S/C26H25ClFN5OS/c1-3-22-31-32-25(35-22)17-6-7-20(21(28)13-17)26(34)33(19-5-4-9-29-14-19)24-23-15(2)11-18(27)12-16(23)8-10-30-24/h6-8,10-13,19,29H,3-5,9,14H2,1-2H3/t19-/m1/s1. The number of anilines is 1. The molecule has 2 aromatic carbocycles. The highest BCUT2D eigenvalue weighted by atomic mass is 35.5. The summed E-state index contributed by atoms with van der Waals surface area (Å²) in [4.78, 5) is 20.2. The van der Waals surface area contributed by atoms with E-state index >= 15 is 4.39 Å². The van der Waals surface area contributed by atoms with Crippen LogP contribution in [0.15, 0.2) is 42.6 Å². The Balaban J connectivity index is 1.59. The molecular weight excluding hydrogens is 485 g/mol. The first kappa shape index (κ1) is 23.8. The topological polar surface area (TPSA) is 71.0 Å². The van der Waals surface area contributed by atoms with Gasteiger partial charge in [0.2, 0.25) is 0 Å². The summed E-state index contributed by atoms with van der Waals surface area (Å²) >= 11 is 7.72. The highest BCUT2D eigenvalue weighted by Gasteiger charge is 2.32. The molecule has 1 saturated heterocycles. The van der Waals surface area contributed by atoms with E-state index in [1.807, 2.05) is 32.0 Å². The molecule has 3 heterocycles. The largest absolute Gasteiger partial charge is 0.315 e. The van der Waals surface area contributed by atoms with Gasteiger partial charge in [0, 0.05) is 28.7 Å². The minimum atomic E-state index is -0.588. The van der Waals surface area contributed by atoms with Crippen LogP contribution in [0.25, 0.3) is 21.3 Å². The summed E-state index contributed by atoms with van der Waals surface area (Å²) in [7, 11) is 0. The van der Waals surface area contributed by atoms with Gasteiger partial charge in [-0.2, -0.15) is 0 Å². The van der Waals surface area contributed by atoms with Gasteiger partial charge in [0.1, 0.15) is 21.7 Å². The number of nitrogens with zero attached hydrogens (tertiary/aromatic N) is 4. The quantitative estimate of drug-likeness (QED) is 0.367. The molecule has 1 amide bonds. The molecule has 0 bridgehead atoms. The van der Waals surface area contributed by atoms with Crippen molar-refractivity contribution in [3.05, 3.63) is 69.6 Å². The van der Waals surface area contributed by atoms with Crippen LogP contribution in [0.5, 0.6) is 0 Å². The van der Waals surface area contributed by atoms with Crippen molar-refractivity contribution in [3.63, 3.8) is 0 Å². The van der Waals surface area contributed by atoms with Crippen molar-refractivity contribution in [2.24, 2.45) is 0 Å². The summed E-state index contributed by atoms with van der Waals surface area (Å²) in [5.74, 6) is -0.478. The summed E-state index contributed by atoms with van der Waals surface area (Å²) in [6, 6.07) is 10.1. The Labute approximate surface area is 212 Å². The number of aryl methyl sites for hydroxylation is 2. The number of piperidine rings is 1. The predicted molar refractivity (Wildman–Crippen MR) is 139 cm³/mol. The van der Waals surface area contributed by atoms with Gasteiger partial charge in [-0.25, -0.2) is 9.37 Å². The number of carbonyl (C=O) groups excluding carboxylic acids is 1. The van der Waals surface area contributed by atoms with Gasteiger partial charge in [-0.1, -0.05) is 35.9 Å². The number of fused-ring (bicyclic) bond motifs is 1. The molecule has 6 nitrogen and oxygen atoms in total. The number of carbonyl (C=O) groups is 1. The fraction of sp³-hybridized carbons (Fsp3) is 0.308. The second-order valence-electron chi connectivity index (χ2n) is 8.68. The monoisotopic (exact) mass is 509 g/mol. The number of amides is 1. The Morgan fingerprint density at radius 1 is 1.26 bits per heavy atom. The van der Waals surface area contributed by atoms with E-state index in [1.54, 1.807) is 17.2 Å². The molecule has 1 fully saturated rings.